The normalized spacial score (nSPS) is 0. The van der Waals surface area contributed by atoms with Crippen molar-refractivity contribution in [3.8, 4) is 0 Å². The Kier molecular flexibility index (Phi) is 18200. The van der Waals surface area contributed by atoms with E-state index in [-0.39, 0.29) is 92.5 Å². The number of halogens is 1. The van der Waals surface area contributed by atoms with Crippen LogP contribution in [0, 0.1) is 41.7 Å². The van der Waals surface area contributed by atoms with Crippen molar-refractivity contribution in [3.05, 3.63) is 0 Å². The van der Waals surface area contributed by atoms with Gasteiger partial charge in [0.2, 0.25) is 0 Å². The van der Waals surface area contributed by atoms with Gasteiger partial charge in [-0.25, -0.2) is 0 Å². The molecule has 7 nitrogen and oxygen atoms in total. The van der Waals surface area contributed by atoms with Crippen molar-refractivity contribution in [1.29, 1.82) is 0 Å². The van der Waals surface area contributed by atoms with Crippen LogP contribution < -0.4 is 12.4 Å². The van der Waals surface area contributed by atoms with Crippen LogP contribution in [0.4, 0.5) is 0 Å². The van der Waals surface area contributed by atoms with Crippen LogP contribution >= 0.6 is 0 Å². The molecule has 1 radical (unpaired) electrons. The Labute approximate surface area is 91.8 Å². The van der Waals surface area contributed by atoms with Crippen LogP contribution in [0.1, 0.15) is 0 Å². The number of hydrogen-bond donors (Lipinski definition) is 0. The second-order valence-electron chi connectivity index (χ2n) is 0. The second-order valence-corrected chi connectivity index (χ2v) is 0. The van der Waals surface area contributed by atoms with Crippen LogP contribution in [0.15, 0.2) is 0 Å². The first-order chi connectivity index (χ1) is 0. The first-order valence-electron chi connectivity index (χ1n) is 0. The fourth-order valence-corrected chi connectivity index (χ4v) is 0. The van der Waals surface area contributed by atoms with Crippen molar-refractivity contribution in [1.82, 2.24) is 0 Å². The van der Waals surface area contributed by atoms with E-state index in [1.54, 1.807) is 0 Å². The summed E-state index contributed by atoms with van der Waals surface area (Å²) < 4.78 is 0. The minimum Gasteiger partial charge on any atom is -1.00 e. The van der Waals surface area contributed by atoms with E-state index >= 15 is 0 Å². The van der Waals surface area contributed by atoms with E-state index in [9.17, 15) is 0 Å². The third kappa shape index (κ3) is 266. The average molecular weight is 302 g/mol. The fraction of sp³-hybridized carbons (Fsp3) is 0. The fourth-order valence-electron chi connectivity index (χ4n) is 0. The van der Waals surface area contributed by atoms with Crippen molar-refractivity contribution in [2.45, 2.75) is 0 Å². The predicted molar refractivity (Wildman–Crippen MR) is 25.3 cm³/mol. The summed E-state index contributed by atoms with van der Waals surface area (Å²) in [6, 6.07) is 0. The van der Waals surface area contributed by atoms with Crippen LogP contribution in [0.5, 0.6) is 0 Å². The molecule has 0 saturated carbocycles. The zero-order valence-corrected chi connectivity index (χ0v) is 8.27. The number of rotatable bonds is 0. The maximum Gasteiger partial charge on any atom is 3.00 e. The van der Waals surface area contributed by atoms with E-state index < -0.39 is 0 Å². The van der Waals surface area contributed by atoms with Gasteiger partial charge >= 0.3 is 41.7 Å². The Morgan fingerprint density at radius 1 is 0.333 bits per heavy atom. The summed E-state index contributed by atoms with van der Waals surface area (Å²) in [6.45, 7) is 0. The summed E-state index contributed by atoms with van der Waals surface area (Å²) in [6.07, 6.45) is 0. The standard InChI is InChI=1S/Ce.ClH.7H2O/h;1H;7*1H2/q+3;;;;;;;;/p-1. The molecule has 0 aromatic heterocycles. The number of hydrogen-bond acceptors (Lipinski definition) is 0. The van der Waals surface area contributed by atoms with Gasteiger partial charge in [-0.1, -0.05) is 0 Å². The van der Waals surface area contributed by atoms with Crippen molar-refractivity contribution >= 4 is 0 Å². The molecule has 0 aliphatic carbocycles. The van der Waals surface area contributed by atoms with E-state index in [4.69, 9.17) is 0 Å². The molecule has 0 rings (SSSR count). The van der Waals surface area contributed by atoms with Gasteiger partial charge in [0.25, 0.3) is 0 Å². The quantitative estimate of drug-likeness (QED) is 0.406. The van der Waals surface area contributed by atoms with Gasteiger partial charge in [0.1, 0.15) is 0 Å². The smallest absolute Gasteiger partial charge is 1.00 e. The molecule has 0 bridgehead atoms. The first-order valence-corrected chi connectivity index (χ1v) is 0. The zero-order valence-electron chi connectivity index (χ0n) is 4.38. The molecular formula is H14CeClO7+2. The second kappa shape index (κ2) is 343. The Morgan fingerprint density at radius 2 is 0.333 bits per heavy atom. The Bertz CT molecular complexity index is 8.88. The largest absolute Gasteiger partial charge is 3.00 e. The molecule has 0 aliphatic rings. The Morgan fingerprint density at radius 3 is 0.333 bits per heavy atom. The van der Waals surface area contributed by atoms with E-state index in [0.717, 1.165) is 0 Å². The molecule has 0 aromatic rings. The minimum absolute atomic E-state index is 0. The summed E-state index contributed by atoms with van der Waals surface area (Å²) in [5, 5.41) is 0. The van der Waals surface area contributed by atoms with Crippen molar-refractivity contribution < 1.29 is 92.5 Å². The van der Waals surface area contributed by atoms with E-state index in [2.05, 4.69) is 0 Å². The molecule has 0 aliphatic heterocycles. The van der Waals surface area contributed by atoms with Crippen molar-refractivity contribution in [2.24, 2.45) is 0 Å². The van der Waals surface area contributed by atoms with Crippen LogP contribution in [0.3, 0.4) is 0 Å². The molecule has 0 atom stereocenters. The maximum absolute atomic E-state index is 0. The molecule has 9 heteroatoms. The molecule has 14 N–H and O–H groups in total. The third-order valence-electron chi connectivity index (χ3n) is 0. The zero-order chi connectivity index (χ0) is 0. The van der Waals surface area contributed by atoms with Gasteiger partial charge in [0.05, 0.1) is 0 Å². The molecule has 9 heavy (non-hydrogen) atoms. The van der Waals surface area contributed by atoms with Crippen molar-refractivity contribution in [2.75, 3.05) is 0 Å². The molecule has 65 valence electrons. The van der Waals surface area contributed by atoms with Gasteiger partial charge in [-0.05, 0) is 0 Å². The van der Waals surface area contributed by atoms with Crippen LogP contribution in [0.25, 0.3) is 0 Å². The van der Waals surface area contributed by atoms with Gasteiger partial charge in [0.15, 0.2) is 0 Å². The van der Waals surface area contributed by atoms with Gasteiger partial charge < -0.3 is 50.7 Å². The summed E-state index contributed by atoms with van der Waals surface area (Å²) in [5.74, 6) is 0. The van der Waals surface area contributed by atoms with E-state index in [0.29, 0.717) is 0 Å². The Balaban J connectivity index is 0. The van der Waals surface area contributed by atoms with Crippen LogP contribution in [0.2, 0.25) is 0 Å². The molecule has 0 heterocycles. The molecule has 0 aromatic carbocycles. The van der Waals surface area contributed by atoms with Gasteiger partial charge in [-0.3, -0.25) is 0 Å². The SMILES string of the molecule is O.O.O.O.O.O.O.[Ce+3].[Cl-]. The molecule has 0 spiro atoms. The Hall–Kier alpha value is 1.39. The monoisotopic (exact) mass is 301 g/mol. The van der Waals surface area contributed by atoms with Gasteiger partial charge in [-0.15, -0.1) is 0 Å². The summed E-state index contributed by atoms with van der Waals surface area (Å²) in [7, 11) is 0. The molecule has 0 amide bonds. The summed E-state index contributed by atoms with van der Waals surface area (Å²) >= 11 is 0. The van der Waals surface area contributed by atoms with E-state index in [1.165, 1.54) is 0 Å². The maximum atomic E-state index is 0. The molecule has 0 saturated heterocycles. The minimum atomic E-state index is 0. The predicted octanol–water partition coefficient (Wildman–Crippen LogP) is -8.77. The molecule has 0 fully saturated rings. The van der Waals surface area contributed by atoms with Gasteiger partial charge in [0, 0.05) is 0 Å². The van der Waals surface area contributed by atoms with Crippen LogP contribution in [-0.4, -0.2) is 38.3 Å². The topological polar surface area (TPSA) is 220 Å². The summed E-state index contributed by atoms with van der Waals surface area (Å²) in [5.41, 5.74) is 0. The van der Waals surface area contributed by atoms with E-state index in [1.807, 2.05) is 0 Å². The summed E-state index contributed by atoms with van der Waals surface area (Å²) in [4.78, 5) is 0. The molecule has 0 unspecified atom stereocenters. The van der Waals surface area contributed by atoms with Crippen LogP contribution in [-0.2, 0) is 0 Å². The third-order valence-corrected chi connectivity index (χ3v) is 0. The molecular weight excluding hydrogens is 288 g/mol. The average Bonchev–Trinajstić information content (AvgIpc) is 0. The van der Waals surface area contributed by atoms with Gasteiger partial charge in [-0.2, -0.15) is 0 Å². The van der Waals surface area contributed by atoms with Crippen molar-refractivity contribution in [3.63, 3.8) is 0 Å². The first kappa shape index (κ1) is 476.